The van der Waals surface area contributed by atoms with Gasteiger partial charge in [0.05, 0.1) is 41.9 Å². The summed E-state index contributed by atoms with van der Waals surface area (Å²) in [6, 6.07) is 11.1. The quantitative estimate of drug-likeness (QED) is 0.209. The van der Waals surface area contributed by atoms with Crippen LogP contribution in [0.3, 0.4) is 0 Å². The summed E-state index contributed by atoms with van der Waals surface area (Å²) in [7, 11) is -1.72. The maximum absolute atomic E-state index is 13.7. The van der Waals surface area contributed by atoms with Crippen molar-refractivity contribution in [3.8, 4) is 5.75 Å². The Morgan fingerprint density at radius 2 is 1.93 bits per heavy atom. The number of amides is 2. The molecule has 0 unspecified atom stereocenters. The number of imide groups is 1. The summed E-state index contributed by atoms with van der Waals surface area (Å²) in [5.41, 5.74) is 4.21. The van der Waals surface area contributed by atoms with Crippen molar-refractivity contribution in [2.24, 2.45) is 17.8 Å². The minimum absolute atomic E-state index is 0.112. The van der Waals surface area contributed by atoms with Crippen molar-refractivity contribution < 1.29 is 34.6 Å². The number of anilines is 1. The van der Waals surface area contributed by atoms with Crippen LogP contribution < -0.4 is 10.4 Å². The Morgan fingerprint density at radius 1 is 1.12 bits per heavy atom. The summed E-state index contributed by atoms with van der Waals surface area (Å²) in [5, 5.41) is 39.6. The number of carbonyl (C=O) groups excluding carboxylic acids is 2. The van der Waals surface area contributed by atoms with E-state index in [1.807, 2.05) is 6.08 Å². The van der Waals surface area contributed by atoms with E-state index in [9.17, 15) is 29.9 Å². The number of aliphatic hydroxyl groups is 1. The highest BCUT2D eigenvalue weighted by molar-refractivity contribution is 6.58. The summed E-state index contributed by atoms with van der Waals surface area (Å²) < 4.78 is 6.23. The molecule has 2 amide bonds. The van der Waals surface area contributed by atoms with Crippen LogP contribution in [0.5, 0.6) is 5.75 Å². The van der Waals surface area contributed by atoms with Gasteiger partial charge in [-0.2, -0.15) is 0 Å². The van der Waals surface area contributed by atoms with E-state index in [4.69, 9.17) is 16.3 Å². The molecule has 0 saturated carbocycles. The van der Waals surface area contributed by atoms with Gasteiger partial charge >= 0.3 is 7.12 Å². The van der Waals surface area contributed by atoms with Gasteiger partial charge < -0.3 is 25.0 Å². The number of allylic oxidation sites excluding steroid dienone is 1. The van der Waals surface area contributed by atoms with Crippen molar-refractivity contribution in [1.82, 2.24) is 0 Å². The second kappa shape index (κ2) is 11.9. The Morgan fingerprint density at radius 3 is 2.62 bits per heavy atom. The van der Waals surface area contributed by atoms with Crippen LogP contribution in [0, 0.1) is 17.8 Å². The van der Waals surface area contributed by atoms with E-state index >= 15 is 0 Å². The van der Waals surface area contributed by atoms with Gasteiger partial charge in [0.25, 0.3) is 0 Å². The lowest BCUT2D eigenvalue weighted by molar-refractivity contribution is -0.122. The lowest BCUT2D eigenvalue weighted by Gasteiger charge is -2.31. The third-order valence-corrected chi connectivity index (χ3v) is 8.60. The Bertz CT molecular complexity index is 1370. The van der Waals surface area contributed by atoms with Gasteiger partial charge in [0, 0.05) is 5.92 Å². The molecule has 8 nitrogen and oxygen atoms in total. The summed E-state index contributed by atoms with van der Waals surface area (Å²) in [5.74, 6) is -2.04. The zero-order valence-electron chi connectivity index (χ0n) is 22.3. The fourth-order valence-corrected chi connectivity index (χ4v) is 6.69. The van der Waals surface area contributed by atoms with Crippen LogP contribution in [0.4, 0.5) is 5.69 Å². The van der Waals surface area contributed by atoms with E-state index in [0.717, 1.165) is 40.9 Å². The van der Waals surface area contributed by atoms with Gasteiger partial charge in [-0.15, -0.1) is 0 Å². The van der Waals surface area contributed by atoms with Crippen molar-refractivity contribution in [3.05, 3.63) is 69.8 Å². The van der Waals surface area contributed by atoms with Crippen molar-refractivity contribution >= 4 is 47.8 Å². The van der Waals surface area contributed by atoms with E-state index in [1.165, 1.54) is 23.8 Å². The number of phenolic OH excluding ortho intramolecular Hbond substituents is 1. The number of ether oxygens (including phenoxy) is 1. The highest BCUT2D eigenvalue weighted by Gasteiger charge is 2.57. The van der Waals surface area contributed by atoms with E-state index in [-0.39, 0.29) is 48.1 Å². The number of rotatable bonds is 9. The number of carbonyl (C=O) groups is 2. The molecular weight excluding hydrogens is 533 g/mol. The molecular formula is C30H33BClNO7. The SMILES string of the molecule is CCC/C(=C\c1ccc(O)cc1Cl)CC[C@H]1OC[C@H]2C1=C(CO)C[C@H]1C(=O)N(c3cccc(B(O)O)c3)C(=O)[C@H]12. The summed E-state index contributed by atoms with van der Waals surface area (Å²) >= 11 is 6.33. The Balaban J connectivity index is 1.37. The molecule has 2 aromatic rings. The Hall–Kier alpha value is -2.95. The Labute approximate surface area is 238 Å². The minimum Gasteiger partial charge on any atom is -0.508 e. The third-order valence-electron chi connectivity index (χ3n) is 8.27. The van der Waals surface area contributed by atoms with Crippen LogP contribution >= 0.6 is 11.6 Å². The molecule has 2 heterocycles. The van der Waals surface area contributed by atoms with Crippen molar-refractivity contribution in [1.29, 1.82) is 0 Å². The molecule has 2 saturated heterocycles. The van der Waals surface area contributed by atoms with Crippen LogP contribution in [-0.4, -0.2) is 58.5 Å². The molecule has 3 aliphatic rings. The highest BCUT2D eigenvalue weighted by Crippen LogP contribution is 2.50. The fourth-order valence-electron chi connectivity index (χ4n) is 6.46. The number of nitrogens with zero attached hydrogens (tertiary/aromatic N) is 1. The molecule has 1 aliphatic carbocycles. The van der Waals surface area contributed by atoms with Gasteiger partial charge in [-0.05, 0) is 78.2 Å². The van der Waals surface area contributed by atoms with Gasteiger partial charge in [-0.3, -0.25) is 14.5 Å². The summed E-state index contributed by atoms with van der Waals surface area (Å²) in [4.78, 5) is 28.3. The molecule has 0 radical (unpaired) electrons. The van der Waals surface area contributed by atoms with Crippen molar-refractivity contribution in [2.45, 2.75) is 45.1 Å². The first-order chi connectivity index (χ1) is 19.2. The number of phenols is 1. The van der Waals surface area contributed by atoms with E-state index < -0.39 is 19.0 Å². The number of hydrogen-bond donors (Lipinski definition) is 4. The number of hydrogen-bond acceptors (Lipinski definition) is 7. The fraction of sp³-hybridized carbons (Fsp3) is 0.400. The number of benzene rings is 2. The van der Waals surface area contributed by atoms with Gasteiger partial charge in [0.2, 0.25) is 11.8 Å². The topological polar surface area (TPSA) is 128 Å². The van der Waals surface area contributed by atoms with Crippen LogP contribution in [0.1, 0.15) is 44.6 Å². The molecule has 0 spiro atoms. The molecule has 2 aliphatic heterocycles. The Kier molecular flexibility index (Phi) is 8.49. The van der Waals surface area contributed by atoms with Crippen LogP contribution in [0.2, 0.25) is 5.02 Å². The normalized spacial score (nSPS) is 24.5. The summed E-state index contributed by atoms with van der Waals surface area (Å²) in [6.07, 6.45) is 5.28. The first kappa shape index (κ1) is 28.6. The number of aromatic hydroxyl groups is 1. The van der Waals surface area contributed by atoms with E-state index in [1.54, 1.807) is 24.3 Å². The molecule has 4 atom stereocenters. The standard InChI is InChI=1S/C30H33BClNO7/c1-2-4-17(11-18-8-9-22(35)14-25(18)32)7-10-26-27-19(15-34)12-23-28(24(27)16-40-26)30(37)33(29(23)36)21-6-3-5-20(13-21)31(38)39/h3,5-6,8-9,11,13-14,23-24,26,28,34-35,38-39H,2,4,7,10,12,15-16H2,1H3/b17-11+/t23-,24+,26-,28-/m1/s1. The molecule has 0 aromatic heterocycles. The van der Waals surface area contributed by atoms with E-state index in [2.05, 4.69) is 6.92 Å². The molecule has 5 rings (SSSR count). The maximum Gasteiger partial charge on any atom is 0.488 e. The number of aliphatic hydroxyl groups excluding tert-OH is 1. The van der Waals surface area contributed by atoms with Gasteiger partial charge in [-0.25, -0.2) is 0 Å². The number of halogens is 1. The molecule has 40 heavy (non-hydrogen) atoms. The first-order valence-corrected chi connectivity index (χ1v) is 14.1. The van der Waals surface area contributed by atoms with Crippen LogP contribution in [0.25, 0.3) is 6.08 Å². The van der Waals surface area contributed by atoms with Gasteiger partial charge in [-0.1, -0.05) is 48.7 Å². The minimum atomic E-state index is -1.72. The molecule has 210 valence electrons. The van der Waals surface area contributed by atoms with E-state index in [0.29, 0.717) is 23.7 Å². The average molecular weight is 566 g/mol. The number of fused-ring (bicyclic) bond motifs is 3. The third kappa shape index (κ3) is 5.36. The van der Waals surface area contributed by atoms with Gasteiger partial charge in [0.1, 0.15) is 5.75 Å². The molecule has 10 heteroatoms. The monoisotopic (exact) mass is 565 g/mol. The second-order valence-electron chi connectivity index (χ2n) is 10.8. The molecule has 0 bridgehead atoms. The molecule has 4 N–H and O–H groups in total. The predicted octanol–water partition coefficient (Wildman–Crippen LogP) is 3.20. The average Bonchev–Trinajstić information content (AvgIpc) is 3.46. The first-order valence-electron chi connectivity index (χ1n) is 13.7. The van der Waals surface area contributed by atoms with Crippen LogP contribution in [0.15, 0.2) is 59.2 Å². The predicted molar refractivity (Wildman–Crippen MR) is 153 cm³/mol. The smallest absolute Gasteiger partial charge is 0.488 e. The zero-order chi connectivity index (χ0) is 28.6. The largest absolute Gasteiger partial charge is 0.508 e. The summed E-state index contributed by atoms with van der Waals surface area (Å²) in [6.45, 7) is 2.19. The molecule has 2 fully saturated rings. The zero-order valence-corrected chi connectivity index (χ0v) is 23.1. The lowest BCUT2D eigenvalue weighted by atomic mass is 9.69. The van der Waals surface area contributed by atoms with Crippen molar-refractivity contribution in [2.75, 3.05) is 18.1 Å². The van der Waals surface area contributed by atoms with Gasteiger partial charge in [0.15, 0.2) is 0 Å². The highest BCUT2D eigenvalue weighted by atomic mass is 35.5. The van der Waals surface area contributed by atoms with Crippen LogP contribution in [-0.2, 0) is 14.3 Å². The maximum atomic E-state index is 13.7. The lowest BCUT2D eigenvalue weighted by Crippen LogP contribution is -2.35. The van der Waals surface area contributed by atoms with Crippen molar-refractivity contribution in [3.63, 3.8) is 0 Å². The molecule has 2 aromatic carbocycles. The second-order valence-corrected chi connectivity index (χ2v) is 11.2.